The predicted molar refractivity (Wildman–Crippen MR) is 116 cm³/mol. The first-order chi connectivity index (χ1) is 14.7. The Morgan fingerprint density at radius 1 is 1.16 bits per heavy atom. The van der Waals surface area contributed by atoms with Crippen LogP contribution in [0.2, 0.25) is 0 Å². The van der Waals surface area contributed by atoms with Crippen molar-refractivity contribution in [3.05, 3.63) is 53.1 Å². The summed E-state index contributed by atoms with van der Waals surface area (Å²) in [7, 11) is 0. The molecule has 0 aromatic heterocycles. The molecule has 2 unspecified atom stereocenters. The maximum absolute atomic E-state index is 12.0. The zero-order chi connectivity index (χ0) is 22.0. The summed E-state index contributed by atoms with van der Waals surface area (Å²) in [4.78, 5) is 14.2. The van der Waals surface area contributed by atoms with Crippen LogP contribution in [0.3, 0.4) is 0 Å². The Kier molecular flexibility index (Phi) is 4.55. The van der Waals surface area contributed by atoms with Crippen molar-refractivity contribution in [2.75, 3.05) is 13.2 Å². The third kappa shape index (κ3) is 3.37. The molecule has 1 aliphatic carbocycles. The summed E-state index contributed by atoms with van der Waals surface area (Å²) in [5.74, 6) is 1.71. The molecule has 0 radical (unpaired) electrons. The van der Waals surface area contributed by atoms with Crippen LogP contribution in [0.1, 0.15) is 55.1 Å². The number of rotatable bonds is 4. The van der Waals surface area contributed by atoms with E-state index < -0.39 is 17.8 Å². The van der Waals surface area contributed by atoms with E-state index in [2.05, 4.69) is 25.7 Å². The SMILES string of the molecule is CC(C)(C)COc1ccc2c(c1)C1(COC(N)N1C1CC1)c1cc(C(N)=O)ccc1O2. The number of fused-ring (bicyclic) bond motifs is 4. The fourth-order valence-corrected chi connectivity index (χ4v) is 4.55. The maximum Gasteiger partial charge on any atom is 0.248 e. The molecule has 4 N–H and O–H groups in total. The van der Waals surface area contributed by atoms with Gasteiger partial charge in [0.05, 0.1) is 13.2 Å². The summed E-state index contributed by atoms with van der Waals surface area (Å²) >= 11 is 0. The van der Waals surface area contributed by atoms with Gasteiger partial charge in [0.25, 0.3) is 0 Å². The van der Waals surface area contributed by atoms with Gasteiger partial charge in [0.2, 0.25) is 5.91 Å². The number of hydrogen-bond acceptors (Lipinski definition) is 6. The lowest BCUT2D eigenvalue weighted by Gasteiger charge is -2.43. The molecule has 1 saturated heterocycles. The van der Waals surface area contributed by atoms with Crippen molar-refractivity contribution in [3.63, 3.8) is 0 Å². The van der Waals surface area contributed by atoms with E-state index in [0.29, 0.717) is 30.6 Å². The Morgan fingerprint density at radius 3 is 2.48 bits per heavy atom. The molecule has 7 nitrogen and oxygen atoms in total. The lowest BCUT2D eigenvalue weighted by atomic mass is 9.78. The first-order valence-corrected chi connectivity index (χ1v) is 10.7. The number of amides is 1. The number of ether oxygens (including phenoxy) is 3. The van der Waals surface area contributed by atoms with Gasteiger partial charge in [-0.2, -0.15) is 0 Å². The Hall–Kier alpha value is -2.61. The van der Waals surface area contributed by atoms with Gasteiger partial charge in [0.1, 0.15) is 22.8 Å². The lowest BCUT2D eigenvalue weighted by Crippen LogP contribution is -2.52. The van der Waals surface area contributed by atoms with Crippen LogP contribution in [-0.4, -0.2) is 36.4 Å². The topological polar surface area (TPSA) is 100 Å². The van der Waals surface area contributed by atoms with Gasteiger partial charge in [-0.25, -0.2) is 4.90 Å². The normalized spacial score (nSPS) is 25.1. The summed E-state index contributed by atoms with van der Waals surface area (Å²) in [6.45, 7) is 7.35. The summed E-state index contributed by atoms with van der Waals surface area (Å²) in [6.07, 6.45) is 1.57. The van der Waals surface area contributed by atoms with E-state index in [-0.39, 0.29) is 5.41 Å². The van der Waals surface area contributed by atoms with E-state index in [1.54, 1.807) is 12.1 Å². The Morgan fingerprint density at radius 2 is 1.84 bits per heavy atom. The molecule has 3 aliphatic rings. The smallest absolute Gasteiger partial charge is 0.248 e. The minimum absolute atomic E-state index is 0.0337. The highest BCUT2D eigenvalue weighted by molar-refractivity contribution is 5.93. The monoisotopic (exact) mass is 423 g/mol. The second-order valence-electron chi connectivity index (χ2n) is 9.88. The van der Waals surface area contributed by atoms with Gasteiger partial charge in [-0.05, 0) is 54.7 Å². The van der Waals surface area contributed by atoms with Crippen LogP contribution in [0, 0.1) is 5.41 Å². The molecule has 2 aromatic carbocycles. The zero-order valence-electron chi connectivity index (χ0n) is 18.2. The van der Waals surface area contributed by atoms with Crippen molar-refractivity contribution in [2.45, 2.75) is 51.5 Å². The molecule has 2 fully saturated rings. The quantitative estimate of drug-likeness (QED) is 0.783. The van der Waals surface area contributed by atoms with Crippen LogP contribution >= 0.6 is 0 Å². The molecule has 1 amide bonds. The van der Waals surface area contributed by atoms with Crippen LogP contribution in [0.25, 0.3) is 0 Å². The molecule has 1 saturated carbocycles. The summed E-state index contributed by atoms with van der Waals surface area (Å²) in [6, 6.07) is 11.5. The maximum atomic E-state index is 12.0. The number of carbonyl (C=O) groups is 1. The van der Waals surface area contributed by atoms with E-state index >= 15 is 0 Å². The number of benzene rings is 2. The molecular formula is C24H29N3O4. The first kappa shape index (κ1) is 20.3. The van der Waals surface area contributed by atoms with E-state index in [1.165, 1.54) is 0 Å². The molecule has 2 heterocycles. The molecule has 0 bridgehead atoms. The highest BCUT2D eigenvalue weighted by Gasteiger charge is 2.58. The number of nitrogens with zero attached hydrogens (tertiary/aromatic N) is 1. The average molecular weight is 424 g/mol. The molecule has 164 valence electrons. The van der Waals surface area contributed by atoms with Crippen LogP contribution in [0.5, 0.6) is 17.2 Å². The van der Waals surface area contributed by atoms with E-state index in [9.17, 15) is 4.79 Å². The summed E-state index contributed by atoms with van der Waals surface area (Å²) in [5.41, 5.74) is 13.6. The van der Waals surface area contributed by atoms with Gasteiger partial charge in [-0.3, -0.25) is 10.5 Å². The van der Waals surface area contributed by atoms with Crippen molar-refractivity contribution < 1.29 is 19.0 Å². The van der Waals surface area contributed by atoms with Gasteiger partial charge < -0.3 is 19.9 Å². The third-order valence-corrected chi connectivity index (χ3v) is 6.12. The van der Waals surface area contributed by atoms with Gasteiger partial charge >= 0.3 is 0 Å². The number of hydrogen-bond donors (Lipinski definition) is 2. The Bertz CT molecular complexity index is 1040. The predicted octanol–water partition coefficient (Wildman–Crippen LogP) is 3.30. The molecule has 2 atom stereocenters. The molecule has 7 heteroatoms. The Labute approximate surface area is 182 Å². The highest BCUT2D eigenvalue weighted by Crippen LogP contribution is 2.56. The molecule has 5 rings (SSSR count). The van der Waals surface area contributed by atoms with Crippen molar-refractivity contribution in [1.82, 2.24) is 4.90 Å². The second kappa shape index (κ2) is 6.95. The van der Waals surface area contributed by atoms with E-state index in [4.69, 9.17) is 25.7 Å². The van der Waals surface area contributed by atoms with Gasteiger partial charge in [0.15, 0.2) is 6.35 Å². The Balaban J connectivity index is 1.68. The van der Waals surface area contributed by atoms with Crippen molar-refractivity contribution in [1.29, 1.82) is 0 Å². The minimum Gasteiger partial charge on any atom is -0.493 e. The van der Waals surface area contributed by atoms with Crippen LogP contribution in [-0.2, 0) is 10.3 Å². The number of nitrogens with two attached hydrogens (primary N) is 2. The lowest BCUT2D eigenvalue weighted by molar-refractivity contribution is 0.0240. The van der Waals surface area contributed by atoms with Crippen LogP contribution in [0.4, 0.5) is 0 Å². The van der Waals surface area contributed by atoms with Crippen molar-refractivity contribution in [3.8, 4) is 17.2 Å². The van der Waals surface area contributed by atoms with Gasteiger partial charge in [-0.15, -0.1) is 0 Å². The standard InChI is InChI=1S/C24H29N3O4/c1-23(2,3)12-29-16-7-9-20-18(11-16)24(13-30-22(26)27(24)15-5-6-15)17-10-14(21(25)28)4-8-19(17)31-20/h4,7-11,15,22H,5-6,12-13,26H2,1-3H3,(H2,25,28). The molecular weight excluding hydrogens is 394 g/mol. The van der Waals surface area contributed by atoms with Gasteiger partial charge in [-0.1, -0.05) is 20.8 Å². The third-order valence-electron chi connectivity index (χ3n) is 6.12. The van der Waals surface area contributed by atoms with Crippen LogP contribution in [0.15, 0.2) is 36.4 Å². The second-order valence-corrected chi connectivity index (χ2v) is 9.88. The summed E-state index contributed by atoms with van der Waals surface area (Å²) < 4.78 is 18.4. The number of carbonyl (C=O) groups excluding carboxylic acids is 1. The van der Waals surface area contributed by atoms with Crippen molar-refractivity contribution in [2.24, 2.45) is 16.9 Å². The minimum atomic E-state index is -0.671. The average Bonchev–Trinajstić information content (AvgIpc) is 3.49. The molecule has 1 spiro atoms. The van der Waals surface area contributed by atoms with Gasteiger partial charge in [0, 0.05) is 22.7 Å². The highest BCUT2D eigenvalue weighted by atomic mass is 16.5. The molecule has 2 aliphatic heterocycles. The van der Waals surface area contributed by atoms with Crippen molar-refractivity contribution >= 4 is 5.91 Å². The van der Waals surface area contributed by atoms with E-state index in [0.717, 1.165) is 35.5 Å². The number of primary amides is 1. The summed E-state index contributed by atoms with van der Waals surface area (Å²) in [5, 5.41) is 0. The van der Waals surface area contributed by atoms with Crippen LogP contribution < -0.4 is 20.9 Å². The molecule has 31 heavy (non-hydrogen) atoms. The van der Waals surface area contributed by atoms with E-state index in [1.807, 2.05) is 24.3 Å². The zero-order valence-corrected chi connectivity index (χ0v) is 18.2. The first-order valence-electron chi connectivity index (χ1n) is 10.7. The fourth-order valence-electron chi connectivity index (χ4n) is 4.55. The fraction of sp³-hybridized carbons (Fsp3) is 0.458. The molecule has 2 aromatic rings. The largest absolute Gasteiger partial charge is 0.493 e.